The summed E-state index contributed by atoms with van der Waals surface area (Å²) in [5.41, 5.74) is 0.722. The molecular formula is C12H18O4S. The summed E-state index contributed by atoms with van der Waals surface area (Å²) in [6.45, 7) is 1.25. The van der Waals surface area contributed by atoms with Gasteiger partial charge in [-0.3, -0.25) is 0 Å². The van der Waals surface area contributed by atoms with Crippen LogP contribution in [-0.4, -0.2) is 37.1 Å². The molecule has 0 heterocycles. The van der Waals surface area contributed by atoms with E-state index in [1.54, 1.807) is 31.2 Å². The van der Waals surface area contributed by atoms with Gasteiger partial charge in [-0.2, -0.15) is 0 Å². The van der Waals surface area contributed by atoms with E-state index in [2.05, 4.69) is 0 Å². The zero-order valence-corrected chi connectivity index (χ0v) is 10.6. The molecule has 0 aliphatic carbocycles. The summed E-state index contributed by atoms with van der Waals surface area (Å²) >= 11 is 0. The minimum Gasteiger partial charge on any atom is -0.394 e. The van der Waals surface area contributed by atoms with Crippen molar-refractivity contribution in [3.05, 3.63) is 35.9 Å². The van der Waals surface area contributed by atoms with Crippen LogP contribution in [0.15, 0.2) is 30.3 Å². The molecule has 2 N–H and O–H groups in total. The average molecular weight is 258 g/mol. The fraction of sp³-hybridized carbons (Fsp3) is 0.500. The zero-order valence-electron chi connectivity index (χ0n) is 9.78. The Balaban J connectivity index is 2.95. The molecule has 0 bridgehead atoms. The molecule has 2 atom stereocenters. The van der Waals surface area contributed by atoms with Gasteiger partial charge < -0.3 is 10.2 Å². The van der Waals surface area contributed by atoms with Crippen molar-refractivity contribution < 1.29 is 18.6 Å². The second-order valence-electron chi connectivity index (χ2n) is 3.97. The number of benzene rings is 1. The molecule has 0 fully saturated rings. The average Bonchev–Trinajstić information content (AvgIpc) is 2.30. The van der Waals surface area contributed by atoms with Gasteiger partial charge in [-0.05, 0) is 12.0 Å². The molecule has 0 saturated carbocycles. The van der Waals surface area contributed by atoms with Gasteiger partial charge in [0, 0.05) is 0 Å². The summed E-state index contributed by atoms with van der Waals surface area (Å²) in [5, 5.41) is 17.3. The molecule has 0 radical (unpaired) electrons. The Hall–Kier alpha value is -0.910. The lowest BCUT2D eigenvalue weighted by Gasteiger charge is -2.17. The second-order valence-corrected chi connectivity index (χ2v) is 6.20. The Kier molecular flexibility index (Phi) is 5.11. The van der Waals surface area contributed by atoms with Crippen molar-refractivity contribution in [1.82, 2.24) is 0 Å². The maximum Gasteiger partial charge on any atom is 0.159 e. The van der Waals surface area contributed by atoms with E-state index >= 15 is 0 Å². The number of rotatable bonds is 6. The molecule has 96 valence electrons. The SMILES string of the molecule is CC[C@@H](c1ccccc1)S(=O)(=O)C[C@H](O)CO. The topological polar surface area (TPSA) is 74.6 Å². The van der Waals surface area contributed by atoms with Crippen LogP contribution in [0, 0.1) is 0 Å². The molecule has 1 aromatic rings. The van der Waals surface area contributed by atoms with E-state index in [1.165, 1.54) is 0 Å². The molecule has 0 amide bonds. The first-order chi connectivity index (χ1) is 8.01. The van der Waals surface area contributed by atoms with Crippen LogP contribution in [-0.2, 0) is 9.84 Å². The second kappa shape index (κ2) is 6.14. The monoisotopic (exact) mass is 258 g/mol. The van der Waals surface area contributed by atoms with Crippen molar-refractivity contribution in [2.45, 2.75) is 24.7 Å². The number of hydrogen-bond acceptors (Lipinski definition) is 4. The van der Waals surface area contributed by atoms with Gasteiger partial charge in [0.2, 0.25) is 0 Å². The molecule has 0 aromatic heterocycles. The molecule has 0 spiro atoms. The number of sulfone groups is 1. The molecule has 5 heteroatoms. The Labute approximate surface area is 102 Å². The van der Waals surface area contributed by atoms with Crippen molar-refractivity contribution in [2.75, 3.05) is 12.4 Å². The van der Waals surface area contributed by atoms with Crippen LogP contribution in [0.2, 0.25) is 0 Å². The highest BCUT2D eigenvalue weighted by atomic mass is 32.2. The molecule has 0 aliphatic heterocycles. The number of aliphatic hydroxyl groups is 2. The summed E-state index contributed by atoms with van der Waals surface area (Å²) < 4.78 is 24.1. The Bertz CT molecular complexity index is 427. The van der Waals surface area contributed by atoms with Crippen LogP contribution in [0.25, 0.3) is 0 Å². The first-order valence-corrected chi connectivity index (χ1v) is 7.28. The maximum absolute atomic E-state index is 12.1. The summed E-state index contributed by atoms with van der Waals surface area (Å²) in [7, 11) is -3.45. The Morgan fingerprint density at radius 1 is 1.24 bits per heavy atom. The van der Waals surface area contributed by atoms with Gasteiger partial charge >= 0.3 is 0 Å². The Morgan fingerprint density at radius 3 is 2.29 bits per heavy atom. The highest BCUT2D eigenvalue weighted by Gasteiger charge is 2.27. The van der Waals surface area contributed by atoms with Gasteiger partial charge in [0.1, 0.15) is 0 Å². The quantitative estimate of drug-likeness (QED) is 0.795. The fourth-order valence-electron chi connectivity index (χ4n) is 1.80. The molecular weight excluding hydrogens is 240 g/mol. The highest BCUT2D eigenvalue weighted by molar-refractivity contribution is 7.91. The van der Waals surface area contributed by atoms with Crippen LogP contribution in [0.1, 0.15) is 24.2 Å². The van der Waals surface area contributed by atoms with Gasteiger partial charge in [0.05, 0.1) is 23.7 Å². The Morgan fingerprint density at radius 2 is 1.82 bits per heavy atom. The van der Waals surface area contributed by atoms with Crippen molar-refractivity contribution in [1.29, 1.82) is 0 Å². The lowest BCUT2D eigenvalue weighted by Crippen LogP contribution is -2.27. The lowest BCUT2D eigenvalue weighted by molar-refractivity contribution is 0.112. The van der Waals surface area contributed by atoms with Gasteiger partial charge in [0.15, 0.2) is 9.84 Å². The number of aliphatic hydroxyl groups excluding tert-OH is 2. The summed E-state index contributed by atoms with van der Waals surface area (Å²) in [6.07, 6.45) is -0.762. The summed E-state index contributed by atoms with van der Waals surface area (Å²) in [4.78, 5) is 0. The molecule has 1 rings (SSSR count). The van der Waals surface area contributed by atoms with Crippen LogP contribution < -0.4 is 0 Å². The van der Waals surface area contributed by atoms with Crippen molar-refractivity contribution in [2.24, 2.45) is 0 Å². The third-order valence-electron chi connectivity index (χ3n) is 2.61. The van der Waals surface area contributed by atoms with Crippen LogP contribution in [0.4, 0.5) is 0 Å². The maximum atomic E-state index is 12.1. The van der Waals surface area contributed by atoms with E-state index in [9.17, 15) is 13.5 Å². The van der Waals surface area contributed by atoms with E-state index in [4.69, 9.17) is 5.11 Å². The third-order valence-corrected chi connectivity index (χ3v) is 4.93. The lowest BCUT2D eigenvalue weighted by atomic mass is 10.1. The minimum absolute atomic E-state index is 0.406. The van der Waals surface area contributed by atoms with Gasteiger partial charge in [-0.15, -0.1) is 0 Å². The summed E-state index contributed by atoms with van der Waals surface area (Å²) in [6, 6.07) is 8.92. The predicted molar refractivity (Wildman–Crippen MR) is 66.4 cm³/mol. The predicted octanol–water partition coefficient (Wildman–Crippen LogP) is 0.906. The molecule has 4 nitrogen and oxygen atoms in total. The molecule has 0 aliphatic rings. The van der Waals surface area contributed by atoms with E-state index in [-0.39, 0.29) is 0 Å². The molecule has 1 aromatic carbocycles. The van der Waals surface area contributed by atoms with Crippen molar-refractivity contribution in [3.8, 4) is 0 Å². The first-order valence-electron chi connectivity index (χ1n) is 5.56. The fourth-order valence-corrected chi connectivity index (χ4v) is 3.76. The normalized spacial score (nSPS) is 15.5. The van der Waals surface area contributed by atoms with E-state index in [0.29, 0.717) is 6.42 Å². The standard InChI is InChI=1S/C12H18O4S/c1-2-12(10-6-4-3-5-7-10)17(15,16)9-11(14)8-13/h3-7,11-14H,2,8-9H2,1H3/t11-,12+/m1/s1. The van der Waals surface area contributed by atoms with E-state index in [1.807, 2.05) is 6.07 Å². The van der Waals surface area contributed by atoms with Crippen LogP contribution in [0.5, 0.6) is 0 Å². The number of hydrogen-bond donors (Lipinski definition) is 2. The van der Waals surface area contributed by atoms with Gasteiger partial charge in [-0.25, -0.2) is 8.42 Å². The van der Waals surface area contributed by atoms with Gasteiger partial charge in [-0.1, -0.05) is 37.3 Å². The van der Waals surface area contributed by atoms with Crippen molar-refractivity contribution >= 4 is 9.84 Å². The van der Waals surface area contributed by atoms with Crippen LogP contribution in [0.3, 0.4) is 0 Å². The third kappa shape index (κ3) is 3.80. The van der Waals surface area contributed by atoms with Gasteiger partial charge in [0.25, 0.3) is 0 Å². The summed E-state index contributed by atoms with van der Waals surface area (Å²) in [5.74, 6) is -0.406. The molecule has 0 unspecified atom stereocenters. The highest BCUT2D eigenvalue weighted by Crippen LogP contribution is 2.26. The largest absolute Gasteiger partial charge is 0.394 e. The van der Waals surface area contributed by atoms with E-state index in [0.717, 1.165) is 5.56 Å². The molecule has 17 heavy (non-hydrogen) atoms. The smallest absolute Gasteiger partial charge is 0.159 e. The van der Waals surface area contributed by atoms with Crippen LogP contribution >= 0.6 is 0 Å². The minimum atomic E-state index is -3.45. The van der Waals surface area contributed by atoms with Crippen molar-refractivity contribution in [3.63, 3.8) is 0 Å². The van der Waals surface area contributed by atoms with E-state index < -0.39 is 33.6 Å². The zero-order chi connectivity index (χ0) is 12.9. The molecule has 0 saturated heterocycles. The first kappa shape index (κ1) is 14.2.